The van der Waals surface area contributed by atoms with Gasteiger partial charge in [-0.25, -0.2) is 0 Å². The largest absolute Gasteiger partial charge is 0.304 e. The van der Waals surface area contributed by atoms with Crippen LogP contribution in [0.25, 0.3) is 0 Å². The normalized spacial score (nSPS) is 22.7. The summed E-state index contributed by atoms with van der Waals surface area (Å²) in [5, 5.41) is 0. The highest BCUT2D eigenvalue weighted by molar-refractivity contribution is 5.78. The molecule has 0 unspecified atom stereocenters. The molecule has 2 rings (SSSR count). The van der Waals surface area contributed by atoms with E-state index in [0.29, 0.717) is 11.7 Å². The maximum absolute atomic E-state index is 11.3. The third-order valence-corrected chi connectivity index (χ3v) is 5.17. The van der Waals surface area contributed by atoms with Crippen molar-refractivity contribution in [2.75, 3.05) is 39.3 Å². The minimum Gasteiger partial charge on any atom is -0.304 e. The van der Waals surface area contributed by atoms with E-state index in [1.54, 1.807) is 6.92 Å². The van der Waals surface area contributed by atoms with Crippen molar-refractivity contribution in [1.29, 1.82) is 0 Å². The maximum atomic E-state index is 11.3. The average Bonchev–Trinajstić information content (AvgIpc) is 2.55. The van der Waals surface area contributed by atoms with Crippen LogP contribution in [0.15, 0.2) is 0 Å². The quantitative estimate of drug-likeness (QED) is 0.776. The first kappa shape index (κ1) is 18.6. The monoisotopic (exact) mass is 296 g/mol. The van der Waals surface area contributed by atoms with E-state index < -0.39 is 0 Å². The predicted molar refractivity (Wildman–Crippen MR) is 90.6 cm³/mol. The van der Waals surface area contributed by atoms with Gasteiger partial charge in [-0.05, 0) is 84.2 Å². The first-order valence-electron chi connectivity index (χ1n) is 9.14. The molecule has 2 heterocycles. The number of nitrogens with zero attached hydrogens (tertiary/aromatic N) is 2. The summed E-state index contributed by atoms with van der Waals surface area (Å²) < 4.78 is 0. The van der Waals surface area contributed by atoms with Crippen LogP contribution in [0, 0.1) is 11.8 Å². The minimum atomic E-state index is 0.351. The highest BCUT2D eigenvalue weighted by Crippen LogP contribution is 2.23. The van der Waals surface area contributed by atoms with E-state index in [1.165, 1.54) is 45.4 Å². The van der Waals surface area contributed by atoms with Gasteiger partial charge in [0.05, 0.1) is 0 Å². The van der Waals surface area contributed by atoms with Crippen molar-refractivity contribution < 1.29 is 4.79 Å². The number of hydrogen-bond donors (Lipinski definition) is 0. The van der Waals surface area contributed by atoms with Crippen molar-refractivity contribution >= 4 is 5.78 Å². The highest BCUT2D eigenvalue weighted by atomic mass is 16.1. The topological polar surface area (TPSA) is 23.6 Å². The predicted octanol–water partition coefficient (Wildman–Crippen LogP) is 3.44. The molecule has 0 aliphatic carbocycles. The molecule has 0 amide bonds. The molecular weight excluding hydrogens is 260 g/mol. The van der Waals surface area contributed by atoms with E-state index in [9.17, 15) is 4.79 Å². The SMILES string of the molecule is CC.CCN1CCC(CCN2CCC(C(C)=O)CC2)CC1. The maximum Gasteiger partial charge on any atom is 0.133 e. The van der Waals surface area contributed by atoms with Crippen molar-refractivity contribution in [2.45, 2.75) is 59.8 Å². The van der Waals surface area contributed by atoms with Gasteiger partial charge in [-0.15, -0.1) is 0 Å². The Morgan fingerprint density at radius 2 is 1.48 bits per heavy atom. The Balaban J connectivity index is 0.00000106. The molecule has 0 atom stereocenters. The fraction of sp³-hybridized carbons (Fsp3) is 0.944. The Hall–Kier alpha value is -0.410. The Kier molecular flexibility index (Phi) is 9.18. The van der Waals surface area contributed by atoms with Gasteiger partial charge in [0.2, 0.25) is 0 Å². The Morgan fingerprint density at radius 3 is 1.95 bits per heavy atom. The summed E-state index contributed by atoms with van der Waals surface area (Å²) >= 11 is 0. The standard InChI is InChI=1S/C16H30N2O.C2H6/c1-3-17-9-4-15(5-10-17)6-11-18-12-7-16(8-13-18)14(2)19;1-2/h15-16H,3-13H2,1-2H3;1-2H3. The highest BCUT2D eigenvalue weighted by Gasteiger charge is 2.23. The van der Waals surface area contributed by atoms with Crippen LogP contribution in [0.1, 0.15) is 59.8 Å². The number of piperidine rings is 2. The zero-order valence-corrected chi connectivity index (χ0v) is 14.7. The molecule has 0 spiro atoms. The van der Waals surface area contributed by atoms with Crippen LogP contribution in [0.5, 0.6) is 0 Å². The van der Waals surface area contributed by atoms with Crippen molar-refractivity contribution in [2.24, 2.45) is 11.8 Å². The zero-order valence-electron chi connectivity index (χ0n) is 14.7. The fourth-order valence-corrected chi connectivity index (χ4v) is 3.52. The van der Waals surface area contributed by atoms with Crippen LogP contribution in [0.2, 0.25) is 0 Å². The number of ketones is 1. The van der Waals surface area contributed by atoms with Crippen LogP contribution < -0.4 is 0 Å². The van der Waals surface area contributed by atoms with E-state index in [2.05, 4.69) is 16.7 Å². The van der Waals surface area contributed by atoms with E-state index >= 15 is 0 Å². The number of likely N-dealkylation sites (tertiary alicyclic amines) is 2. The third kappa shape index (κ3) is 6.48. The van der Waals surface area contributed by atoms with E-state index in [1.807, 2.05) is 13.8 Å². The van der Waals surface area contributed by atoms with Gasteiger partial charge in [0.1, 0.15) is 5.78 Å². The molecule has 3 heteroatoms. The van der Waals surface area contributed by atoms with Gasteiger partial charge in [-0.1, -0.05) is 20.8 Å². The van der Waals surface area contributed by atoms with Crippen LogP contribution in [-0.4, -0.2) is 54.9 Å². The van der Waals surface area contributed by atoms with Gasteiger partial charge in [0, 0.05) is 5.92 Å². The number of rotatable bonds is 5. The second kappa shape index (κ2) is 10.3. The van der Waals surface area contributed by atoms with Gasteiger partial charge in [0.25, 0.3) is 0 Å². The molecule has 0 aromatic rings. The zero-order chi connectivity index (χ0) is 15.7. The van der Waals surface area contributed by atoms with E-state index in [4.69, 9.17) is 0 Å². The lowest BCUT2D eigenvalue weighted by Crippen LogP contribution is -2.38. The molecule has 2 saturated heterocycles. The lowest BCUT2D eigenvalue weighted by atomic mass is 9.91. The minimum absolute atomic E-state index is 0.351. The number of carbonyl (C=O) groups is 1. The van der Waals surface area contributed by atoms with Crippen molar-refractivity contribution in [3.63, 3.8) is 0 Å². The van der Waals surface area contributed by atoms with Crippen LogP contribution in [0.4, 0.5) is 0 Å². The van der Waals surface area contributed by atoms with E-state index in [-0.39, 0.29) is 0 Å². The fourth-order valence-electron chi connectivity index (χ4n) is 3.52. The molecule has 21 heavy (non-hydrogen) atoms. The summed E-state index contributed by atoms with van der Waals surface area (Å²) in [6.45, 7) is 15.4. The summed E-state index contributed by atoms with van der Waals surface area (Å²) in [4.78, 5) is 16.5. The molecule has 3 nitrogen and oxygen atoms in total. The summed E-state index contributed by atoms with van der Waals surface area (Å²) in [6.07, 6.45) is 6.31. The lowest BCUT2D eigenvalue weighted by molar-refractivity contribution is -0.122. The second-order valence-electron chi connectivity index (χ2n) is 6.39. The first-order valence-corrected chi connectivity index (χ1v) is 9.14. The van der Waals surface area contributed by atoms with Crippen LogP contribution in [-0.2, 0) is 4.79 Å². The van der Waals surface area contributed by atoms with Crippen LogP contribution in [0.3, 0.4) is 0 Å². The smallest absolute Gasteiger partial charge is 0.133 e. The Bertz CT molecular complexity index is 277. The summed E-state index contributed by atoms with van der Waals surface area (Å²) in [5.74, 6) is 1.68. The molecule has 2 aliphatic heterocycles. The average molecular weight is 296 g/mol. The number of carbonyl (C=O) groups excluding carboxylic acids is 1. The van der Waals surface area contributed by atoms with Gasteiger partial charge in [-0.2, -0.15) is 0 Å². The van der Waals surface area contributed by atoms with Crippen molar-refractivity contribution in [3.8, 4) is 0 Å². The van der Waals surface area contributed by atoms with Crippen LogP contribution >= 0.6 is 0 Å². The van der Waals surface area contributed by atoms with Crippen molar-refractivity contribution in [3.05, 3.63) is 0 Å². The Morgan fingerprint density at radius 1 is 0.952 bits per heavy atom. The number of Topliss-reactive ketones (excluding diaryl/α,β-unsaturated/α-hetero) is 1. The molecule has 0 aromatic heterocycles. The number of hydrogen-bond acceptors (Lipinski definition) is 3. The molecular formula is C18H36N2O. The van der Waals surface area contributed by atoms with Gasteiger partial charge in [0.15, 0.2) is 0 Å². The first-order chi connectivity index (χ1) is 10.2. The summed E-state index contributed by atoms with van der Waals surface area (Å²) in [5.41, 5.74) is 0. The third-order valence-electron chi connectivity index (χ3n) is 5.17. The Labute approximate surface area is 132 Å². The molecule has 0 saturated carbocycles. The molecule has 0 N–H and O–H groups in total. The lowest BCUT2D eigenvalue weighted by Gasteiger charge is -2.34. The molecule has 0 radical (unpaired) electrons. The molecule has 2 aliphatic rings. The van der Waals surface area contributed by atoms with Gasteiger partial charge >= 0.3 is 0 Å². The molecule has 2 fully saturated rings. The molecule has 124 valence electrons. The van der Waals surface area contributed by atoms with E-state index in [0.717, 1.165) is 31.8 Å². The molecule has 0 aromatic carbocycles. The summed E-state index contributed by atoms with van der Waals surface area (Å²) in [6, 6.07) is 0. The van der Waals surface area contributed by atoms with Gasteiger partial charge in [-0.3, -0.25) is 4.79 Å². The second-order valence-corrected chi connectivity index (χ2v) is 6.39. The van der Waals surface area contributed by atoms with Crippen molar-refractivity contribution in [1.82, 2.24) is 9.80 Å². The molecule has 0 bridgehead atoms. The van der Waals surface area contributed by atoms with Gasteiger partial charge < -0.3 is 9.80 Å². The summed E-state index contributed by atoms with van der Waals surface area (Å²) in [7, 11) is 0.